The van der Waals surface area contributed by atoms with Gasteiger partial charge in [-0.05, 0) is 47.3 Å². The van der Waals surface area contributed by atoms with Crippen molar-refractivity contribution in [1.82, 2.24) is 9.80 Å². The monoisotopic (exact) mass is 254 g/mol. The van der Waals surface area contributed by atoms with Crippen LogP contribution in [-0.4, -0.2) is 62.1 Å². The summed E-state index contributed by atoms with van der Waals surface area (Å²) < 4.78 is 4.84. The highest BCUT2D eigenvalue weighted by atomic mass is 16.5. The van der Waals surface area contributed by atoms with Crippen molar-refractivity contribution in [2.75, 3.05) is 40.8 Å². The molecule has 0 amide bonds. The normalized spacial score (nSPS) is 18.3. The van der Waals surface area contributed by atoms with E-state index >= 15 is 0 Å². The van der Waals surface area contributed by atoms with E-state index in [0.29, 0.717) is 12.1 Å². The van der Waals surface area contributed by atoms with Crippen LogP contribution < -0.4 is 0 Å². The van der Waals surface area contributed by atoms with Crippen LogP contribution in [0, 0.1) is 0 Å². The van der Waals surface area contributed by atoms with Crippen LogP contribution in [0.15, 0.2) is 12.2 Å². The van der Waals surface area contributed by atoms with E-state index in [0.717, 1.165) is 13.1 Å². The molecule has 1 aliphatic rings. The second-order valence-corrected chi connectivity index (χ2v) is 5.32. The van der Waals surface area contributed by atoms with Gasteiger partial charge in [0.25, 0.3) is 0 Å². The highest BCUT2D eigenvalue weighted by molar-refractivity contribution is 5.81. The van der Waals surface area contributed by atoms with E-state index in [-0.39, 0.29) is 5.97 Å². The molecular formula is C14H26N2O2. The van der Waals surface area contributed by atoms with E-state index in [4.69, 9.17) is 4.74 Å². The van der Waals surface area contributed by atoms with Gasteiger partial charge in [-0.2, -0.15) is 0 Å². The van der Waals surface area contributed by atoms with Crippen LogP contribution in [0.5, 0.6) is 0 Å². The predicted molar refractivity (Wildman–Crippen MR) is 73.5 cm³/mol. The number of ether oxygens (including phenoxy) is 1. The minimum Gasteiger partial charge on any atom is -0.463 e. The summed E-state index contributed by atoms with van der Waals surface area (Å²) in [6.07, 6.45) is 7.26. The Balaban J connectivity index is 2.33. The van der Waals surface area contributed by atoms with Crippen LogP contribution >= 0.6 is 0 Å². The Morgan fingerprint density at radius 2 is 2.00 bits per heavy atom. The molecule has 0 aromatic rings. The number of rotatable bonds is 7. The van der Waals surface area contributed by atoms with Gasteiger partial charge in [0.05, 0.1) is 6.61 Å². The largest absolute Gasteiger partial charge is 0.463 e. The number of carbonyl (C=O) groups excluding carboxylic acids is 1. The topological polar surface area (TPSA) is 32.8 Å². The molecular weight excluding hydrogens is 228 g/mol. The average Bonchev–Trinajstić information content (AvgIpc) is 2.23. The SMILES string of the molecule is CCOC(=O)/C=C/CN(C)CC1(N(C)C)CCC1. The summed E-state index contributed by atoms with van der Waals surface area (Å²) in [5, 5.41) is 0. The molecule has 0 bridgehead atoms. The molecule has 104 valence electrons. The standard InChI is InChI=1S/C14H26N2O2/c1-5-18-13(17)8-6-11-16(4)12-14(15(2)3)9-7-10-14/h6,8H,5,7,9-12H2,1-4H3/b8-6+. The second-order valence-electron chi connectivity index (χ2n) is 5.32. The molecule has 0 unspecified atom stereocenters. The number of nitrogens with zero attached hydrogens (tertiary/aromatic N) is 2. The Morgan fingerprint density at radius 3 is 2.44 bits per heavy atom. The lowest BCUT2D eigenvalue weighted by molar-refractivity contribution is -0.137. The smallest absolute Gasteiger partial charge is 0.330 e. The molecule has 0 spiro atoms. The Labute approximate surface area is 111 Å². The van der Waals surface area contributed by atoms with Crippen molar-refractivity contribution in [3.05, 3.63) is 12.2 Å². The Hall–Kier alpha value is -0.870. The van der Waals surface area contributed by atoms with Crippen LogP contribution in [0.25, 0.3) is 0 Å². The molecule has 4 nitrogen and oxygen atoms in total. The maximum atomic E-state index is 11.1. The van der Waals surface area contributed by atoms with Crippen LogP contribution in [0.2, 0.25) is 0 Å². The number of carbonyl (C=O) groups is 1. The van der Waals surface area contributed by atoms with Gasteiger partial charge in [0.1, 0.15) is 0 Å². The molecule has 0 saturated heterocycles. The maximum absolute atomic E-state index is 11.1. The lowest BCUT2D eigenvalue weighted by Crippen LogP contribution is -2.56. The summed E-state index contributed by atoms with van der Waals surface area (Å²) in [6.45, 7) is 4.08. The van der Waals surface area contributed by atoms with E-state index in [2.05, 4.69) is 30.9 Å². The minimum absolute atomic E-state index is 0.253. The lowest BCUT2D eigenvalue weighted by atomic mass is 9.75. The average molecular weight is 254 g/mol. The number of hydrogen-bond donors (Lipinski definition) is 0. The van der Waals surface area contributed by atoms with E-state index in [9.17, 15) is 4.79 Å². The van der Waals surface area contributed by atoms with Gasteiger partial charge in [-0.3, -0.25) is 0 Å². The first-order chi connectivity index (χ1) is 8.50. The molecule has 1 aliphatic carbocycles. The van der Waals surface area contributed by atoms with Gasteiger partial charge in [-0.1, -0.05) is 6.08 Å². The molecule has 1 fully saturated rings. The molecule has 1 rings (SSSR count). The zero-order valence-corrected chi connectivity index (χ0v) is 12.1. The van der Waals surface area contributed by atoms with E-state index in [1.165, 1.54) is 25.3 Å². The van der Waals surface area contributed by atoms with E-state index in [1.54, 1.807) is 0 Å². The molecule has 0 aliphatic heterocycles. The highest BCUT2D eigenvalue weighted by Gasteiger charge is 2.39. The maximum Gasteiger partial charge on any atom is 0.330 e. The van der Waals surface area contributed by atoms with Crippen LogP contribution in [0.3, 0.4) is 0 Å². The van der Waals surface area contributed by atoms with Gasteiger partial charge in [-0.15, -0.1) is 0 Å². The highest BCUT2D eigenvalue weighted by Crippen LogP contribution is 2.36. The van der Waals surface area contributed by atoms with Gasteiger partial charge in [0.15, 0.2) is 0 Å². The van der Waals surface area contributed by atoms with Crippen molar-refractivity contribution in [3.8, 4) is 0 Å². The van der Waals surface area contributed by atoms with Crippen LogP contribution in [0.1, 0.15) is 26.2 Å². The van der Waals surface area contributed by atoms with Crippen molar-refractivity contribution in [2.24, 2.45) is 0 Å². The summed E-state index contributed by atoms with van der Waals surface area (Å²) >= 11 is 0. The third-order valence-corrected chi connectivity index (χ3v) is 3.75. The molecule has 0 heterocycles. The first-order valence-corrected chi connectivity index (χ1v) is 6.69. The predicted octanol–water partition coefficient (Wildman–Crippen LogP) is 1.52. The summed E-state index contributed by atoms with van der Waals surface area (Å²) in [7, 11) is 6.40. The summed E-state index contributed by atoms with van der Waals surface area (Å²) in [4.78, 5) is 15.7. The lowest BCUT2D eigenvalue weighted by Gasteiger charge is -2.49. The van der Waals surface area contributed by atoms with Crippen LogP contribution in [0.4, 0.5) is 0 Å². The third-order valence-electron chi connectivity index (χ3n) is 3.75. The molecule has 0 N–H and O–H groups in total. The van der Waals surface area contributed by atoms with E-state index < -0.39 is 0 Å². The van der Waals surface area contributed by atoms with Gasteiger partial charge in [-0.25, -0.2) is 4.79 Å². The zero-order valence-electron chi connectivity index (χ0n) is 12.1. The van der Waals surface area contributed by atoms with E-state index in [1.807, 2.05) is 13.0 Å². The Kier molecular flexibility index (Phi) is 5.82. The third kappa shape index (κ3) is 4.10. The molecule has 4 heteroatoms. The molecule has 0 atom stereocenters. The van der Waals surface area contributed by atoms with Crippen molar-refractivity contribution < 1.29 is 9.53 Å². The zero-order chi connectivity index (χ0) is 13.6. The quantitative estimate of drug-likeness (QED) is 0.509. The summed E-state index contributed by atoms with van der Waals surface area (Å²) in [6, 6.07) is 0. The van der Waals surface area contributed by atoms with Crippen molar-refractivity contribution in [2.45, 2.75) is 31.7 Å². The van der Waals surface area contributed by atoms with Gasteiger partial charge >= 0.3 is 5.97 Å². The molecule has 0 aromatic heterocycles. The fraction of sp³-hybridized carbons (Fsp3) is 0.786. The first-order valence-electron chi connectivity index (χ1n) is 6.69. The second kappa shape index (κ2) is 6.90. The van der Waals surface area contributed by atoms with Crippen molar-refractivity contribution in [3.63, 3.8) is 0 Å². The summed E-state index contributed by atoms with van der Waals surface area (Å²) in [5.41, 5.74) is 0.340. The fourth-order valence-corrected chi connectivity index (χ4v) is 2.42. The molecule has 18 heavy (non-hydrogen) atoms. The summed E-state index contributed by atoms with van der Waals surface area (Å²) in [5.74, 6) is -0.253. The Morgan fingerprint density at radius 1 is 1.33 bits per heavy atom. The number of hydrogen-bond acceptors (Lipinski definition) is 4. The van der Waals surface area contributed by atoms with Crippen molar-refractivity contribution >= 4 is 5.97 Å². The molecule has 0 radical (unpaired) electrons. The van der Waals surface area contributed by atoms with Gasteiger partial charge in [0, 0.05) is 24.7 Å². The minimum atomic E-state index is -0.253. The molecule has 1 saturated carbocycles. The molecule has 0 aromatic carbocycles. The first kappa shape index (κ1) is 15.2. The Bertz CT molecular complexity index is 296. The van der Waals surface area contributed by atoms with Crippen molar-refractivity contribution in [1.29, 1.82) is 0 Å². The fourth-order valence-electron chi connectivity index (χ4n) is 2.42. The van der Waals surface area contributed by atoms with Gasteiger partial charge < -0.3 is 14.5 Å². The number of esters is 1. The van der Waals surface area contributed by atoms with Gasteiger partial charge in [0.2, 0.25) is 0 Å². The van der Waals surface area contributed by atoms with Crippen LogP contribution in [-0.2, 0) is 9.53 Å². The number of likely N-dealkylation sites (N-methyl/N-ethyl adjacent to an activating group) is 2.